The van der Waals surface area contributed by atoms with E-state index in [1.165, 1.54) is 18.3 Å². The van der Waals surface area contributed by atoms with Crippen LogP contribution >= 0.6 is 0 Å². The molecule has 0 spiro atoms. The Morgan fingerprint density at radius 1 is 1.05 bits per heavy atom. The quantitative estimate of drug-likeness (QED) is 0.513. The van der Waals surface area contributed by atoms with Crippen LogP contribution in [0.4, 0.5) is 24.7 Å². The second-order valence-corrected chi connectivity index (χ2v) is 9.17. The molecule has 2 heterocycles. The minimum atomic E-state index is -4.55. The number of pyridine rings is 1. The number of piperazine rings is 1. The highest BCUT2D eigenvalue weighted by atomic mass is 19.4. The standard InChI is InChI=1S/C28H28F3N5O/c1-19-3-9-24(21(15-19)6-4-20-5-10-26(32)33-17-20)27(37)34-23-8-7-22(25(16-23)28(29,30)31)18-36-13-11-35(2)12-14-36/h3,5,7-10,15-17H,11-14,18H2,1-2H3,(H2,32,33)(H,34,37). The second kappa shape index (κ2) is 11.0. The molecular formula is C28H28F3N5O. The summed E-state index contributed by atoms with van der Waals surface area (Å²) in [4.78, 5) is 21.2. The van der Waals surface area contributed by atoms with E-state index >= 15 is 0 Å². The lowest BCUT2D eigenvalue weighted by Gasteiger charge is -2.33. The van der Waals surface area contributed by atoms with Crippen LogP contribution in [-0.4, -0.2) is 53.9 Å². The molecule has 192 valence electrons. The Kier molecular flexibility index (Phi) is 7.81. The van der Waals surface area contributed by atoms with Crippen molar-refractivity contribution in [2.45, 2.75) is 19.6 Å². The topological polar surface area (TPSA) is 74.5 Å². The number of hydrogen-bond acceptors (Lipinski definition) is 5. The SMILES string of the molecule is Cc1ccc(C(=O)Nc2ccc(CN3CCN(C)CC3)c(C(F)(F)F)c2)c(C#Cc2ccc(N)nc2)c1. The van der Waals surface area contributed by atoms with Gasteiger partial charge in [0.25, 0.3) is 5.91 Å². The summed E-state index contributed by atoms with van der Waals surface area (Å²) < 4.78 is 41.8. The number of nitrogen functional groups attached to an aromatic ring is 1. The average molecular weight is 508 g/mol. The number of halogens is 3. The van der Waals surface area contributed by atoms with E-state index in [9.17, 15) is 18.0 Å². The highest BCUT2D eigenvalue weighted by molar-refractivity contribution is 6.06. The number of carbonyl (C=O) groups is 1. The van der Waals surface area contributed by atoms with Crippen LogP contribution in [0, 0.1) is 18.8 Å². The third kappa shape index (κ3) is 6.88. The number of nitrogens with one attached hydrogen (secondary N) is 1. The number of aryl methyl sites for hydroxylation is 1. The molecule has 0 aliphatic carbocycles. The summed E-state index contributed by atoms with van der Waals surface area (Å²) in [6.45, 7) is 5.10. The van der Waals surface area contributed by atoms with Crippen molar-refractivity contribution in [3.05, 3.63) is 88.1 Å². The molecule has 2 aromatic carbocycles. The Labute approximate surface area is 214 Å². The van der Waals surface area contributed by atoms with E-state index in [1.54, 1.807) is 30.3 Å². The summed E-state index contributed by atoms with van der Waals surface area (Å²) in [7, 11) is 2.00. The predicted molar refractivity (Wildman–Crippen MR) is 138 cm³/mol. The number of hydrogen-bond donors (Lipinski definition) is 2. The third-order valence-electron chi connectivity index (χ3n) is 6.21. The molecule has 37 heavy (non-hydrogen) atoms. The van der Waals surface area contributed by atoms with E-state index in [2.05, 4.69) is 27.0 Å². The Morgan fingerprint density at radius 2 is 1.81 bits per heavy atom. The largest absolute Gasteiger partial charge is 0.416 e. The maximum Gasteiger partial charge on any atom is 0.416 e. The van der Waals surface area contributed by atoms with Crippen LogP contribution in [0.3, 0.4) is 0 Å². The van der Waals surface area contributed by atoms with E-state index in [1.807, 2.05) is 18.9 Å². The number of anilines is 2. The van der Waals surface area contributed by atoms with Crippen molar-refractivity contribution in [1.82, 2.24) is 14.8 Å². The van der Waals surface area contributed by atoms with Crippen LogP contribution in [0.5, 0.6) is 0 Å². The normalized spacial score (nSPS) is 14.6. The number of benzene rings is 2. The summed E-state index contributed by atoms with van der Waals surface area (Å²) in [6, 6.07) is 12.4. The maximum atomic E-state index is 13.9. The van der Waals surface area contributed by atoms with Crippen molar-refractivity contribution in [3.8, 4) is 11.8 Å². The summed E-state index contributed by atoms with van der Waals surface area (Å²) in [5.74, 6) is 5.74. The lowest BCUT2D eigenvalue weighted by Crippen LogP contribution is -2.44. The van der Waals surface area contributed by atoms with Crippen molar-refractivity contribution >= 4 is 17.4 Å². The van der Waals surface area contributed by atoms with E-state index in [4.69, 9.17) is 5.73 Å². The summed E-state index contributed by atoms with van der Waals surface area (Å²) >= 11 is 0. The first-order chi connectivity index (χ1) is 17.6. The zero-order valence-corrected chi connectivity index (χ0v) is 20.7. The van der Waals surface area contributed by atoms with Gasteiger partial charge in [-0.15, -0.1) is 0 Å². The molecule has 1 aromatic heterocycles. The van der Waals surface area contributed by atoms with Crippen LogP contribution in [-0.2, 0) is 12.7 Å². The lowest BCUT2D eigenvalue weighted by molar-refractivity contribution is -0.138. The number of rotatable bonds is 4. The zero-order valence-electron chi connectivity index (χ0n) is 20.7. The van der Waals surface area contributed by atoms with Crippen molar-refractivity contribution in [2.75, 3.05) is 44.3 Å². The molecule has 0 saturated carbocycles. The number of likely N-dealkylation sites (N-methyl/N-ethyl adjacent to an activating group) is 1. The highest BCUT2D eigenvalue weighted by Crippen LogP contribution is 2.34. The molecule has 9 heteroatoms. The first-order valence-corrected chi connectivity index (χ1v) is 11.8. The van der Waals surface area contributed by atoms with Gasteiger partial charge in [-0.1, -0.05) is 24.0 Å². The fourth-order valence-corrected chi connectivity index (χ4v) is 4.08. The van der Waals surface area contributed by atoms with Gasteiger partial charge in [0.05, 0.1) is 11.1 Å². The highest BCUT2D eigenvalue weighted by Gasteiger charge is 2.34. The molecule has 0 atom stereocenters. The number of alkyl halides is 3. The molecule has 4 rings (SSSR count). The van der Waals surface area contributed by atoms with Crippen LogP contribution in [0.25, 0.3) is 0 Å². The van der Waals surface area contributed by atoms with Gasteiger partial charge in [0, 0.05) is 55.7 Å². The number of carbonyl (C=O) groups excluding carboxylic acids is 1. The van der Waals surface area contributed by atoms with Crippen molar-refractivity contribution in [3.63, 3.8) is 0 Å². The second-order valence-electron chi connectivity index (χ2n) is 9.17. The first-order valence-electron chi connectivity index (χ1n) is 11.8. The van der Waals surface area contributed by atoms with Crippen LogP contribution in [0.1, 0.15) is 38.2 Å². The van der Waals surface area contributed by atoms with E-state index in [0.717, 1.165) is 24.7 Å². The number of nitrogens with two attached hydrogens (primary N) is 1. The summed E-state index contributed by atoms with van der Waals surface area (Å²) in [5, 5.41) is 2.62. The minimum Gasteiger partial charge on any atom is -0.384 e. The first kappa shape index (κ1) is 26.2. The molecule has 0 radical (unpaired) electrons. The summed E-state index contributed by atoms with van der Waals surface area (Å²) in [5.41, 5.74) is 7.34. The Hall–Kier alpha value is -3.87. The monoisotopic (exact) mass is 507 g/mol. The van der Waals surface area contributed by atoms with Crippen molar-refractivity contribution < 1.29 is 18.0 Å². The molecule has 1 saturated heterocycles. The van der Waals surface area contributed by atoms with Gasteiger partial charge in [-0.2, -0.15) is 13.2 Å². The lowest BCUT2D eigenvalue weighted by atomic mass is 10.0. The Bertz CT molecular complexity index is 1330. The Balaban J connectivity index is 1.57. The van der Waals surface area contributed by atoms with Crippen LogP contribution in [0.2, 0.25) is 0 Å². The van der Waals surface area contributed by atoms with Gasteiger partial charge in [0.1, 0.15) is 5.82 Å². The van der Waals surface area contributed by atoms with Gasteiger partial charge in [0.2, 0.25) is 0 Å². The molecule has 3 aromatic rings. The van der Waals surface area contributed by atoms with Gasteiger partial charge in [-0.25, -0.2) is 4.98 Å². The molecule has 1 aliphatic heterocycles. The molecular weight excluding hydrogens is 479 g/mol. The zero-order chi connectivity index (χ0) is 26.6. The molecule has 1 amide bonds. The fourth-order valence-electron chi connectivity index (χ4n) is 4.08. The number of amides is 1. The van der Waals surface area contributed by atoms with Gasteiger partial charge in [-0.05, 0) is 61.5 Å². The molecule has 0 bridgehead atoms. The van der Waals surface area contributed by atoms with Crippen LogP contribution in [0.15, 0.2) is 54.7 Å². The van der Waals surface area contributed by atoms with E-state index < -0.39 is 17.6 Å². The van der Waals surface area contributed by atoms with Crippen molar-refractivity contribution in [1.29, 1.82) is 0 Å². The number of aromatic nitrogens is 1. The molecule has 1 aliphatic rings. The van der Waals surface area contributed by atoms with Crippen LogP contribution < -0.4 is 11.1 Å². The van der Waals surface area contributed by atoms with E-state index in [-0.39, 0.29) is 23.4 Å². The smallest absolute Gasteiger partial charge is 0.384 e. The van der Waals surface area contributed by atoms with Crippen molar-refractivity contribution in [2.24, 2.45) is 0 Å². The van der Waals surface area contributed by atoms with Gasteiger partial charge in [-0.3, -0.25) is 9.69 Å². The Morgan fingerprint density at radius 3 is 2.49 bits per heavy atom. The summed E-state index contributed by atoms with van der Waals surface area (Å²) in [6.07, 6.45) is -3.02. The molecule has 0 unspecified atom stereocenters. The van der Waals surface area contributed by atoms with Gasteiger partial charge < -0.3 is 16.0 Å². The third-order valence-corrected chi connectivity index (χ3v) is 6.21. The number of nitrogens with zero attached hydrogens (tertiary/aromatic N) is 3. The minimum absolute atomic E-state index is 0.0710. The molecule has 6 nitrogen and oxygen atoms in total. The van der Waals surface area contributed by atoms with E-state index in [0.29, 0.717) is 30.0 Å². The fraction of sp³-hybridized carbons (Fsp3) is 0.286. The molecule has 3 N–H and O–H groups in total. The van der Waals surface area contributed by atoms with Gasteiger partial charge >= 0.3 is 6.18 Å². The maximum absolute atomic E-state index is 13.9. The van der Waals surface area contributed by atoms with Gasteiger partial charge in [0.15, 0.2) is 0 Å². The molecule has 1 fully saturated rings. The predicted octanol–water partition coefficient (Wildman–Crippen LogP) is 4.39. The average Bonchev–Trinajstić information content (AvgIpc) is 2.85.